The minimum atomic E-state index is -0.551. The Morgan fingerprint density at radius 1 is 1.20 bits per heavy atom. The number of nitrogens with one attached hydrogen (secondary N) is 1. The second-order valence-electron chi connectivity index (χ2n) is 8.67. The second-order valence-corrected chi connectivity index (χ2v) is 8.67. The van der Waals surface area contributed by atoms with Crippen LogP contribution in [0.1, 0.15) is 33.6 Å². The number of carbonyl (C=O) groups is 3. The van der Waals surface area contributed by atoms with Crippen molar-refractivity contribution in [3.8, 4) is 0 Å². The van der Waals surface area contributed by atoms with Crippen molar-refractivity contribution in [1.82, 2.24) is 10.2 Å². The molecule has 1 aromatic carbocycles. The first kappa shape index (κ1) is 21.9. The molecular weight excluding hydrogens is 391 g/mol. The van der Waals surface area contributed by atoms with E-state index >= 15 is 0 Å². The number of halogens is 1. The molecule has 3 rings (SSSR count). The van der Waals surface area contributed by atoms with Gasteiger partial charge in [-0.3, -0.25) is 14.9 Å². The first-order chi connectivity index (χ1) is 14.0. The molecule has 9 heteroatoms. The zero-order chi connectivity index (χ0) is 22.1. The summed E-state index contributed by atoms with van der Waals surface area (Å²) in [6, 6.07) is 4.35. The number of hydrogen-bond donors (Lipinski definition) is 1. The van der Waals surface area contributed by atoms with Gasteiger partial charge in [0.1, 0.15) is 17.5 Å². The first-order valence-corrected chi connectivity index (χ1v) is 10.1. The minimum Gasteiger partial charge on any atom is -0.444 e. The van der Waals surface area contributed by atoms with Crippen molar-refractivity contribution in [2.75, 3.05) is 43.0 Å². The van der Waals surface area contributed by atoms with Gasteiger partial charge in [-0.05, 0) is 45.4 Å². The van der Waals surface area contributed by atoms with Crippen LogP contribution in [-0.2, 0) is 14.3 Å². The van der Waals surface area contributed by atoms with Crippen LogP contribution in [0.15, 0.2) is 18.2 Å². The molecule has 1 N–H and O–H groups in total. The predicted molar refractivity (Wildman–Crippen MR) is 111 cm³/mol. The minimum absolute atomic E-state index is 0.267. The Bertz CT molecular complexity index is 831. The van der Waals surface area contributed by atoms with E-state index in [1.807, 2.05) is 25.7 Å². The fourth-order valence-electron chi connectivity index (χ4n) is 3.66. The second kappa shape index (κ2) is 8.49. The molecule has 0 spiro atoms. The Hall–Kier alpha value is -2.84. The number of likely N-dealkylation sites (N-methyl/N-ethyl adjacent to an activating group) is 1. The molecule has 2 fully saturated rings. The predicted octanol–water partition coefficient (Wildman–Crippen LogP) is 2.12. The third-order valence-corrected chi connectivity index (χ3v) is 5.29. The standard InChI is InChI=1S/C21H29FN4O4/c1-21(2,3)30-20(29)26-11-9-25(10-12-26)16-6-5-14(13-15(16)22)24(4)17-7-8-18(27)23-19(17)28/h5-6,13,17H,7-12H2,1-4H3,(H,23,27,28). The average Bonchev–Trinajstić information content (AvgIpc) is 2.66. The number of amides is 3. The van der Waals surface area contributed by atoms with Gasteiger partial charge >= 0.3 is 6.09 Å². The largest absolute Gasteiger partial charge is 0.444 e. The third-order valence-electron chi connectivity index (χ3n) is 5.29. The van der Waals surface area contributed by atoms with E-state index in [9.17, 15) is 18.8 Å². The summed E-state index contributed by atoms with van der Waals surface area (Å²) in [6.07, 6.45) is 0.310. The van der Waals surface area contributed by atoms with Gasteiger partial charge in [-0.1, -0.05) is 0 Å². The Balaban J connectivity index is 1.63. The third kappa shape index (κ3) is 5.01. The van der Waals surface area contributed by atoms with Gasteiger partial charge in [0.2, 0.25) is 11.8 Å². The van der Waals surface area contributed by atoms with Crippen molar-refractivity contribution in [2.45, 2.75) is 45.3 Å². The van der Waals surface area contributed by atoms with Gasteiger partial charge < -0.3 is 19.4 Å². The maximum atomic E-state index is 14.9. The van der Waals surface area contributed by atoms with E-state index in [4.69, 9.17) is 4.74 Å². The van der Waals surface area contributed by atoms with Crippen molar-refractivity contribution in [2.24, 2.45) is 0 Å². The molecule has 2 saturated heterocycles. The number of piperidine rings is 1. The van der Waals surface area contributed by atoms with Crippen LogP contribution >= 0.6 is 0 Å². The summed E-state index contributed by atoms with van der Waals surface area (Å²) in [6.45, 7) is 7.37. The molecule has 30 heavy (non-hydrogen) atoms. The van der Waals surface area contributed by atoms with E-state index in [2.05, 4.69) is 5.32 Å². The molecule has 2 aliphatic rings. The normalized spacial score (nSPS) is 20.1. The molecule has 1 aromatic rings. The number of imide groups is 1. The monoisotopic (exact) mass is 420 g/mol. The summed E-state index contributed by atoms with van der Waals surface area (Å²) in [5.41, 5.74) is 0.474. The molecule has 3 amide bonds. The van der Waals surface area contributed by atoms with Crippen molar-refractivity contribution < 1.29 is 23.5 Å². The van der Waals surface area contributed by atoms with Crippen LogP contribution in [0.4, 0.5) is 20.6 Å². The van der Waals surface area contributed by atoms with Crippen molar-refractivity contribution in [1.29, 1.82) is 0 Å². The molecule has 2 aliphatic heterocycles. The van der Waals surface area contributed by atoms with E-state index in [-0.39, 0.29) is 24.3 Å². The van der Waals surface area contributed by atoms with Crippen molar-refractivity contribution >= 4 is 29.3 Å². The molecule has 0 bridgehead atoms. The Morgan fingerprint density at radius 2 is 1.87 bits per heavy atom. The molecule has 164 valence electrons. The van der Waals surface area contributed by atoms with Crippen molar-refractivity contribution in [3.63, 3.8) is 0 Å². The number of rotatable bonds is 3. The quantitative estimate of drug-likeness (QED) is 0.755. The molecule has 0 saturated carbocycles. The van der Waals surface area contributed by atoms with E-state index < -0.39 is 17.5 Å². The van der Waals surface area contributed by atoms with E-state index in [0.29, 0.717) is 44.0 Å². The van der Waals surface area contributed by atoms with Gasteiger partial charge in [0, 0.05) is 45.3 Å². The lowest BCUT2D eigenvalue weighted by atomic mass is 10.0. The smallest absolute Gasteiger partial charge is 0.410 e. The van der Waals surface area contributed by atoms with E-state index in [1.54, 1.807) is 29.0 Å². The highest BCUT2D eigenvalue weighted by Gasteiger charge is 2.31. The Labute approximate surface area is 175 Å². The molecule has 0 aliphatic carbocycles. The maximum absolute atomic E-state index is 14.9. The van der Waals surface area contributed by atoms with Gasteiger partial charge in [0.25, 0.3) is 0 Å². The van der Waals surface area contributed by atoms with Crippen LogP contribution in [0.3, 0.4) is 0 Å². The average molecular weight is 420 g/mol. The maximum Gasteiger partial charge on any atom is 0.410 e. The SMILES string of the molecule is CN(c1ccc(N2CCN(C(=O)OC(C)(C)C)CC2)c(F)c1)C1CCC(=O)NC1=O. The number of nitrogens with zero attached hydrogens (tertiary/aromatic N) is 3. The lowest BCUT2D eigenvalue weighted by molar-refractivity contribution is -0.134. The molecule has 1 atom stereocenters. The molecule has 2 heterocycles. The molecule has 0 aromatic heterocycles. The summed E-state index contributed by atoms with van der Waals surface area (Å²) in [7, 11) is 1.72. The summed E-state index contributed by atoms with van der Waals surface area (Å²) < 4.78 is 20.3. The Kier molecular flexibility index (Phi) is 6.19. The van der Waals surface area contributed by atoms with Gasteiger partial charge in [-0.25, -0.2) is 9.18 Å². The van der Waals surface area contributed by atoms with Gasteiger partial charge in [0.15, 0.2) is 0 Å². The highest BCUT2D eigenvalue weighted by atomic mass is 19.1. The van der Waals surface area contributed by atoms with Gasteiger partial charge in [-0.15, -0.1) is 0 Å². The zero-order valence-corrected chi connectivity index (χ0v) is 17.9. The highest BCUT2D eigenvalue weighted by Crippen LogP contribution is 2.28. The molecule has 8 nitrogen and oxygen atoms in total. The Morgan fingerprint density at radius 3 is 2.43 bits per heavy atom. The topological polar surface area (TPSA) is 82.2 Å². The number of hydrogen-bond acceptors (Lipinski definition) is 6. The lowest BCUT2D eigenvalue weighted by Gasteiger charge is -2.37. The van der Waals surface area contributed by atoms with E-state index in [1.165, 1.54) is 6.07 Å². The van der Waals surface area contributed by atoms with Crippen molar-refractivity contribution in [3.05, 3.63) is 24.0 Å². The van der Waals surface area contributed by atoms with Crippen LogP contribution in [0.25, 0.3) is 0 Å². The number of anilines is 2. The zero-order valence-electron chi connectivity index (χ0n) is 17.9. The van der Waals surface area contributed by atoms with Gasteiger partial charge in [-0.2, -0.15) is 0 Å². The fraction of sp³-hybridized carbons (Fsp3) is 0.571. The fourth-order valence-corrected chi connectivity index (χ4v) is 3.66. The number of carbonyl (C=O) groups excluding carboxylic acids is 3. The van der Waals surface area contributed by atoms with Crippen LogP contribution in [0, 0.1) is 5.82 Å². The summed E-state index contributed by atoms with van der Waals surface area (Å²) in [4.78, 5) is 40.8. The van der Waals surface area contributed by atoms with Crippen LogP contribution in [-0.4, -0.2) is 67.7 Å². The van der Waals surface area contributed by atoms with Gasteiger partial charge in [0.05, 0.1) is 5.69 Å². The molecule has 1 unspecified atom stereocenters. The highest BCUT2D eigenvalue weighted by molar-refractivity contribution is 6.01. The summed E-state index contributed by atoms with van der Waals surface area (Å²) in [5, 5.41) is 2.32. The van der Waals surface area contributed by atoms with Crippen LogP contribution in [0.5, 0.6) is 0 Å². The summed E-state index contributed by atoms with van der Waals surface area (Å²) in [5.74, 6) is -1.04. The summed E-state index contributed by atoms with van der Waals surface area (Å²) >= 11 is 0. The molecular formula is C21H29FN4O4. The lowest BCUT2D eigenvalue weighted by Crippen LogP contribution is -2.51. The van der Waals surface area contributed by atoms with Crippen LogP contribution < -0.4 is 15.1 Å². The van der Waals surface area contributed by atoms with E-state index in [0.717, 1.165) is 0 Å². The first-order valence-electron chi connectivity index (χ1n) is 10.1. The molecule has 0 radical (unpaired) electrons. The van der Waals surface area contributed by atoms with Crippen LogP contribution in [0.2, 0.25) is 0 Å². The number of benzene rings is 1. The number of piperazine rings is 1. The number of ether oxygens (including phenoxy) is 1.